The smallest absolute Gasteiger partial charge is 0.223 e. The molecule has 3 heteroatoms. The molecule has 0 bridgehead atoms. The molecule has 16 heavy (non-hydrogen) atoms. The van der Waals surface area contributed by atoms with Crippen LogP contribution in [0.15, 0.2) is 0 Å². The molecular weight excluding hydrogens is 200 g/mol. The molecular formula is C13H24N2O. The van der Waals surface area contributed by atoms with Gasteiger partial charge in [-0.05, 0) is 39.2 Å². The predicted octanol–water partition coefficient (Wildman–Crippen LogP) is 1.82. The van der Waals surface area contributed by atoms with Crippen LogP contribution in [0.5, 0.6) is 0 Å². The second-order valence-corrected chi connectivity index (χ2v) is 5.34. The van der Waals surface area contributed by atoms with Gasteiger partial charge in [0.25, 0.3) is 0 Å². The van der Waals surface area contributed by atoms with E-state index < -0.39 is 0 Å². The lowest BCUT2D eigenvalue weighted by Crippen LogP contribution is -2.51. The van der Waals surface area contributed by atoms with Crippen LogP contribution in [0, 0.1) is 5.92 Å². The molecule has 1 amide bonds. The predicted molar refractivity (Wildman–Crippen MR) is 65.2 cm³/mol. The minimum atomic E-state index is 0.286. The first-order valence-electron chi connectivity index (χ1n) is 6.81. The summed E-state index contributed by atoms with van der Waals surface area (Å²) in [5.74, 6) is 0.586. The van der Waals surface area contributed by atoms with Crippen molar-refractivity contribution in [3.8, 4) is 0 Å². The van der Waals surface area contributed by atoms with Crippen LogP contribution in [0.25, 0.3) is 0 Å². The molecule has 92 valence electrons. The van der Waals surface area contributed by atoms with Gasteiger partial charge in [-0.2, -0.15) is 0 Å². The van der Waals surface area contributed by atoms with E-state index in [2.05, 4.69) is 17.6 Å². The van der Waals surface area contributed by atoms with Crippen LogP contribution in [0.3, 0.4) is 0 Å². The highest BCUT2D eigenvalue weighted by atomic mass is 16.1. The van der Waals surface area contributed by atoms with E-state index in [4.69, 9.17) is 0 Å². The van der Waals surface area contributed by atoms with Crippen molar-refractivity contribution in [3.05, 3.63) is 0 Å². The average Bonchev–Trinajstić information content (AvgIpc) is 2.83. The summed E-state index contributed by atoms with van der Waals surface area (Å²) in [4.78, 5) is 12.0. The van der Waals surface area contributed by atoms with Crippen LogP contribution >= 0.6 is 0 Å². The second kappa shape index (κ2) is 5.67. The lowest BCUT2D eigenvalue weighted by molar-refractivity contribution is -0.125. The maximum atomic E-state index is 12.0. The van der Waals surface area contributed by atoms with Gasteiger partial charge in [0.2, 0.25) is 5.91 Å². The highest BCUT2D eigenvalue weighted by Gasteiger charge is 2.26. The number of nitrogens with one attached hydrogen (secondary N) is 2. The Morgan fingerprint density at radius 1 is 1.19 bits per heavy atom. The number of hydrogen-bond donors (Lipinski definition) is 2. The zero-order chi connectivity index (χ0) is 11.4. The Labute approximate surface area is 98.4 Å². The maximum absolute atomic E-state index is 12.0. The minimum Gasteiger partial charge on any atom is -0.352 e. The molecule has 1 saturated carbocycles. The summed E-state index contributed by atoms with van der Waals surface area (Å²) in [5, 5.41) is 6.69. The third kappa shape index (κ3) is 2.97. The lowest BCUT2D eigenvalue weighted by atomic mass is 9.98. The Kier molecular flexibility index (Phi) is 4.22. The number of carbonyl (C=O) groups excluding carboxylic acids is 1. The van der Waals surface area contributed by atoms with Gasteiger partial charge < -0.3 is 10.6 Å². The van der Waals surface area contributed by atoms with Gasteiger partial charge in [-0.25, -0.2) is 0 Å². The van der Waals surface area contributed by atoms with E-state index in [1.165, 1.54) is 32.1 Å². The first kappa shape index (κ1) is 11.9. The molecule has 0 aromatic rings. The fourth-order valence-electron chi connectivity index (χ4n) is 2.94. The molecule has 2 fully saturated rings. The van der Waals surface area contributed by atoms with Gasteiger partial charge in [0.1, 0.15) is 0 Å². The molecule has 1 saturated heterocycles. The third-order valence-corrected chi connectivity index (χ3v) is 4.05. The molecule has 2 N–H and O–H groups in total. The molecule has 1 aliphatic carbocycles. The molecule has 0 aromatic heterocycles. The zero-order valence-electron chi connectivity index (χ0n) is 10.3. The van der Waals surface area contributed by atoms with E-state index in [9.17, 15) is 4.79 Å². The summed E-state index contributed by atoms with van der Waals surface area (Å²) >= 11 is 0. The molecule has 0 aromatic carbocycles. The van der Waals surface area contributed by atoms with Crippen molar-refractivity contribution in [2.45, 2.75) is 64.0 Å². The van der Waals surface area contributed by atoms with Crippen molar-refractivity contribution < 1.29 is 4.79 Å². The van der Waals surface area contributed by atoms with Gasteiger partial charge in [0.15, 0.2) is 0 Å². The molecule has 3 nitrogen and oxygen atoms in total. The Morgan fingerprint density at radius 2 is 1.88 bits per heavy atom. The van der Waals surface area contributed by atoms with Gasteiger partial charge in [-0.1, -0.05) is 19.3 Å². The second-order valence-electron chi connectivity index (χ2n) is 5.34. The van der Waals surface area contributed by atoms with Gasteiger partial charge >= 0.3 is 0 Å². The summed E-state index contributed by atoms with van der Waals surface area (Å²) in [7, 11) is 0. The number of rotatable bonds is 3. The van der Waals surface area contributed by atoms with E-state index in [-0.39, 0.29) is 11.9 Å². The maximum Gasteiger partial charge on any atom is 0.223 e. The first-order valence-corrected chi connectivity index (χ1v) is 6.81. The molecule has 2 aliphatic rings. The summed E-state index contributed by atoms with van der Waals surface area (Å²) in [6.07, 6.45) is 8.42. The van der Waals surface area contributed by atoms with Crippen molar-refractivity contribution in [2.24, 2.45) is 5.92 Å². The SMILES string of the molecule is CC(NC(=O)C1CCCC1)C1CCCCN1. The minimum absolute atomic E-state index is 0.286. The highest BCUT2D eigenvalue weighted by molar-refractivity contribution is 5.79. The van der Waals surface area contributed by atoms with E-state index in [0.717, 1.165) is 19.4 Å². The van der Waals surface area contributed by atoms with Crippen LogP contribution in [0.2, 0.25) is 0 Å². The molecule has 2 rings (SSSR count). The third-order valence-electron chi connectivity index (χ3n) is 4.05. The number of piperidine rings is 1. The number of hydrogen-bond acceptors (Lipinski definition) is 2. The van der Waals surface area contributed by atoms with Gasteiger partial charge in [0, 0.05) is 18.0 Å². The fraction of sp³-hybridized carbons (Fsp3) is 0.923. The summed E-state index contributed by atoms with van der Waals surface area (Å²) in [5.41, 5.74) is 0. The first-order chi connectivity index (χ1) is 7.77. The standard InChI is InChI=1S/C13H24N2O/c1-10(12-8-4-5-9-14-12)15-13(16)11-6-2-3-7-11/h10-12,14H,2-9H2,1H3,(H,15,16). The van der Waals surface area contributed by atoms with Crippen molar-refractivity contribution in [1.82, 2.24) is 10.6 Å². The lowest BCUT2D eigenvalue weighted by Gasteiger charge is -2.30. The van der Waals surface area contributed by atoms with Crippen molar-refractivity contribution in [1.29, 1.82) is 0 Å². The Bertz CT molecular complexity index is 230. The summed E-state index contributed by atoms with van der Waals surface area (Å²) in [6.45, 7) is 3.24. The van der Waals surface area contributed by atoms with Gasteiger partial charge in [-0.3, -0.25) is 4.79 Å². The topological polar surface area (TPSA) is 41.1 Å². The molecule has 1 aliphatic heterocycles. The zero-order valence-corrected chi connectivity index (χ0v) is 10.3. The normalized spacial score (nSPS) is 28.9. The largest absolute Gasteiger partial charge is 0.352 e. The van der Waals surface area contributed by atoms with Gasteiger partial charge in [0.05, 0.1) is 0 Å². The molecule has 2 atom stereocenters. The van der Waals surface area contributed by atoms with Gasteiger partial charge in [-0.15, -0.1) is 0 Å². The molecule has 2 unspecified atom stereocenters. The molecule has 0 spiro atoms. The highest BCUT2D eigenvalue weighted by Crippen LogP contribution is 2.25. The Morgan fingerprint density at radius 3 is 2.50 bits per heavy atom. The van der Waals surface area contributed by atoms with Crippen LogP contribution in [0.1, 0.15) is 51.9 Å². The van der Waals surface area contributed by atoms with E-state index in [1.54, 1.807) is 0 Å². The number of carbonyl (C=O) groups is 1. The molecule has 0 radical (unpaired) electrons. The van der Waals surface area contributed by atoms with Crippen LogP contribution in [-0.2, 0) is 4.79 Å². The monoisotopic (exact) mass is 224 g/mol. The quantitative estimate of drug-likeness (QED) is 0.768. The number of amides is 1. The fourth-order valence-corrected chi connectivity index (χ4v) is 2.94. The Hall–Kier alpha value is -0.570. The van der Waals surface area contributed by atoms with Crippen molar-refractivity contribution in [3.63, 3.8) is 0 Å². The van der Waals surface area contributed by atoms with E-state index in [1.807, 2.05) is 0 Å². The van der Waals surface area contributed by atoms with Crippen molar-refractivity contribution >= 4 is 5.91 Å². The van der Waals surface area contributed by atoms with Crippen LogP contribution in [-0.4, -0.2) is 24.5 Å². The van der Waals surface area contributed by atoms with Crippen LogP contribution in [0.4, 0.5) is 0 Å². The van der Waals surface area contributed by atoms with E-state index in [0.29, 0.717) is 12.0 Å². The molecule has 1 heterocycles. The summed E-state index contributed by atoms with van der Waals surface area (Å²) in [6, 6.07) is 0.771. The van der Waals surface area contributed by atoms with E-state index >= 15 is 0 Å². The summed E-state index contributed by atoms with van der Waals surface area (Å²) < 4.78 is 0. The van der Waals surface area contributed by atoms with Crippen molar-refractivity contribution in [2.75, 3.05) is 6.54 Å². The average molecular weight is 224 g/mol. The van der Waals surface area contributed by atoms with Crippen LogP contribution < -0.4 is 10.6 Å². The Balaban J connectivity index is 1.76.